The Kier molecular flexibility index (Phi) is 35.3. The average Bonchev–Trinajstić information content (AvgIpc) is 0.856. The molecule has 16 rings (SSSR count). The first kappa shape index (κ1) is 83.0. The minimum absolute atomic E-state index is 0. The second-order valence-corrected chi connectivity index (χ2v) is 24.1. The first-order valence-electron chi connectivity index (χ1n) is 34.1. The summed E-state index contributed by atoms with van der Waals surface area (Å²) < 4.78 is 0. The maximum Gasteiger partial charge on any atom is 0.0163 e. The fourth-order valence-electron chi connectivity index (χ4n) is 10.8. The van der Waals surface area contributed by atoms with E-state index in [1.54, 1.807) is 24.8 Å². The normalized spacial score (nSPS) is 9.94. The van der Waals surface area contributed by atoms with Crippen LogP contribution in [0.4, 0.5) is 0 Å². The van der Waals surface area contributed by atoms with E-state index in [4.69, 9.17) is 0 Å². The molecule has 0 bridgehead atoms. The molecule has 0 atom stereocenters. The van der Waals surface area contributed by atoms with Crippen molar-refractivity contribution in [3.63, 3.8) is 0 Å². The van der Waals surface area contributed by atoms with Gasteiger partial charge in [-0.25, -0.2) is 0 Å². The van der Waals surface area contributed by atoms with E-state index < -0.39 is 0 Å². The van der Waals surface area contributed by atoms with Crippen molar-refractivity contribution in [1.29, 1.82) is 0 Å². The third kappa shape index (κ3) is 25.5. The molecule has 532 valence electrons. The molecule has 16 aromatic rings. The summed E-state index contributed by atoms with van der Waals surface area (Å²) in [5.74, 6) is 1.01. The summed E-state index contributed by atoms with van der Waals surface area (Å²) in [6.45, 7) is 8.79. The predicted octanol–water partition coefficient (Wildman–Crippen LogP) is 24.2. The van der Waals surface area contributed by atoms with E-state index in [9.17, 15) is 0 Å². The summed E-state index contributed by atoms with van der Waals surface area (Å²) >= 11 is 0. The van der Waals surface area contributed by atoms with Gasteiger partial charge >= 0.3 is 0 Å². The van der Waals surface area contributed by atoms with Crippen LogP contribution in [0.1, 0.15) is 50.7 Å². The second-order valence-electron chi connectivity index (χ2n) is 24.1. The van der Waals surface area contributed by atoms with Crippen molar-refractivity contribution >= 4 is 0 Å². The van der Waals surface area contributed by atoms with Crippen molar-refractivity contribution in [3.8, 4) is 112 Å². The zero-order valence-electron chi connectivity index (χ0n) is 59.0. The number of rotatable bonds is 12. The van der Waals surface area contributed by atoms with Gasteiger partial charge in [0.1, 0.15) is 0 Å². The van der Waals surface area contributed by atoms with Crippen LogP contribution in [-0.2, 0) is 80.4 Å². The molecule has 0 unspecified atom stereocenters. The number of hydrogen-bond donors (Lipinski definition) is 0. The smallest absolute Gasteiger partial charge is 0.0163 e. The maximum atomic E-state index is 4.50. The van der Waals surface area contributed by atoms with Gasteiger partial charge in [-0.2, -0.15) is 0 Å². The minimum Gasteiger partial charge on any atom is -0.305 e. The van der Waals surface area contributed by atoms with Crippen LogP contribution >= 0.6 is 0 Å². The summed E-state index contributed by atoms with van der Waals surface area (Å²) in [7, 11) is 0. The number of hydrogen-bond acceptors (Lipinski definition) is 6. The van der Waals surface area contributed by atoms with E-state index in [1.165, 1.54) is 55.6 Å². The SMILES string of the molecule is CC(C)c1ccnc(-c2[c-]ccc(-c3ccccc3)c2)c1.CC(C)c1ccnc(-c2[c-]ccc(-c3ccccc3)c2)c1.[Ir].[Ir].[Ir].[Ir].[c-]1cc(-c2ccccc2)ccc1-c1ccccn1.[c-]1ccc(-c2ccccc2)cc1-c1ccccn1.[c-]1ccccc1-c1ccccn1.[c-]1ccccc1-c1ccccn1. The molecule has 106 heavy (non-hydrogen) atoms. The van der Waals surface area contributed by atoms with Crippen molar-refractivity contribution < 1.29 is 80.4 Å². The molecule has 0 saturated heterocycles. The summed E-state index contributed by atoms with van der Waals surface area (Å²) in [6, 6.07) is 133. The molecule has 6 aromatic heterocycles. The van der Waals surface area contributed by atoms with Crippen molar-refractivity contribution in [2.75, 3.05) is 0 Å². The Morgan fingerprint density at radius 1 is 0.198 bits per heavy atom. The average molecular weight is 2080 g/mol. The van der Waals surface area contributed by atoms with Gasteiger partial charge in [0.05, 0.1) is 0 Å². The molecule has 10 aromatic carbocycles. The predicted molar refractivity (Wildman–Crippen MR) is 421 cm³/mol. The van der Waals surface area contributed by atoms with Crippen molar-refractivity contribution in [3.05, 3.63) is 424 Å². The molecule has 0 amide bonds. The molecule has 0 aliphatic rings. The van der Waals surface area contributed by atoms with E-state index in [0.29, 0.717) is 11.8 Å². The summed E-state index contributed by atoms with van der Waals surface area (Å²) in [5, 5.41) is 0. The fourth-order valence-corrected chi connectivity index (χ4v) is 10.8. The van der Waals surface area contributed by atoms with Gasteiger partial charge in [-0.15, -0.1) is 208 Å². The van der Waals surface area contributed by atoms with Gasteiger partial charge in [-0.3, -0.25) is 0 Å². The van der Waals surface area contributed by atoms with Gasteiger partial charge in [-0.05, 0) is 99.1 Å². The van der Waals surface area contributed by atoms with Crippen LogP contribution in [0.15, 0.2) is 377 Å². The van der Waals surface area contributed by atoms with Crippen LogP contribution in [0.5, 0.6) is 0 Å². The van der Waals surface area contributed by atoms with Crippen LogP contribution in [0.25, 0.3) is 112 Å². The van der Waals surface area contributed by atoms with E-state index in [-0.39, 0.29) is 80.4 Å². The number of pyridine rings is 6. The third-order valence-corrected chi connectivity index (χ3v) is 16.3. The Morgan fingerprint density at radius 3 is 0.774 bits per heavy atom. The first-order valence-corrected chi connectivity index (χ1v) is 34.1. The Hall–Kier alpha value is -10.3. The van der Waals surface area contributed by atoms with Gasteiger partial charge in [0, 0.05) is 118 Å². The standard InChI is InChI=1S/2C20H18N.2C17H12N.2C11H8N.4Ir/c2*1-15(2)17-11-12-21-20(14-17)19-10-6-9-18(13-19)16-7-4-3-5-8-16;1-2-7-14(8-3-1)15-9-6-10-16(13-15)17-11-4-5-12-18-17;1-2-6-14(7-3-1)15-9-11-16(12-10-15)17-8-4-5-13-18-17;2*1-2-6-10(7-3-1)11-8-4-5-9-12-11;;;;/h2*3-9,11-15H,1-2H3;1-9,11-13H;1-11,13H;2*1-6,8-9H;;;;/q6*-1;;;;. The zero-order chi connectivity index (χ0) is 70.2. The second kappa shape index (κ2) is 45.1. The van der Waals surface area contributed by atoms with Crippen LogP contribution in [-0.4, -0.2) is 29.9 Å². The molecular formula is C96H76Ir4N6-6. The molecule has 4 radical (unpaired) electrons. The van der Waals surface area contributed by atoms with Crippen LogP contribution in [0.3, 0.4) is 0 Å². The summed E-state index contributed by atoms with van der Waals surface area (Å²) in [5.41, 5.74) is 24.2. The molecule has 0 spiro atoms. The van der Waals surface area contributed by atoms with Crippen molar-refractivity contribution in [2.24, 2.45) is 0 Å². The van der Waals surface area contributed by atoms with Gasteiger partial charge < -0.3 is 29.9 Å². The molecule has 0 N–H and O–H groups in total. The summed E-state index contributed by atoms with van der Waals surface area (Å²) in [6.07, 6.45) is 10.9. The van der Waals surface area contributed by atoms with Gasteiger partial charge in [0.25, 0.3) is 0 Å². The molecule has 6 nitrogen and oxygen atoms in total. The number of nitrogens with zero attached hydrogens (tertiary/aromatic N) is 6. The molecule has 0 fully saturated rings. The molecule has 0 aliphatic carbocycles. The zero-order valence-corrected chi connectivity index (χ0v) is 68.5. The van der Waals surface area contributed by atoms with Crippen molar-refractivity contribution in [2.45, 2.75) is 39.5 Å². The van der Waals surface area contributed by atoms with E-state index >= 15 is 0 Å². The Bertz CT molecular complexity index is 4660. The first-order chi connectivity index (χ1) is 50.3. The van der Waals surface area contributed by atoms with Gasteiger partial charge in [-0.1, -0.05) is 232 Å². The maximum absolute atomic E-state index is 4.50. The molecule has 0 saturated carbocycles. The largest absolute Gasteiger partial charge is 0.305 e. The topological polar surface area (TPSA) is 77.3 Å². The fraction of sp³-hybridized carbons (Fsp3) is 0.0625. The Morgan fingerprint density at radius 2 is 0.481 bits per heavy atom. The number of aromatic nitrogens is 6. The van der Waals surface area contributed by atoms with Gasteiger partial charge in [0.15, 0.2) is 0 Å². The minimum atomic E-state index is 0. The monoisotopic (exact) mass is 2080 g/mol. The molecular weight excluding hydrogens is 2010 g/mol. The quantitative estimate of drug-likeness (QED) is 0.113. The summed E-state index contributed by atoms with van der Waals surface area (Å²) in [4.78, 5) is 26.1. The molecule has 0 aliphatic heterocycles. The van der Waals surface area contributed by atoms with E-state index in [0.717, 1.165) is 67.5 Å². The molecule has 10 heteroatoms. The van der Waals surface area contributed by atoms with Gasteiger partial charge in [0.2, 0.25) is 0 Å². The van der Waals surface area contributed by atoms with Crippen LogP contribution in [0.2, 0.25) is 0 Å². The van der Waals surface area contributed by atoms with Crippen LogP contribution < -0.4 is 0 Å². The Balaban J connectivity index is 0.000000178. The van der Waals surface area contributed by atoms with E-state index in [2.05, 4.69) is 240 Å². The van der Waals surface area contributed by atoms with Crippen LogP contribution in [0, 0.1) is 36.4 Å². The van der Waals surface area contributed by atoms with E-state index in [1.807, 2.05) is 207 Å². The third-order valence-electron chi connectivity index (χ3n) is 16.3. The number of benzene rings is 10. The molecule has 6 heterocycles. The Labute approximate surface area is 680 Å². The van der Waals surface area contributed by atoms with Crippen molar-refractivity contribution in [1.82, 2.24) is 29.9 Å².